The first-order valence-electron chi connectivity index (χ1n) is 6.28. The van der Waals surface area contributed by atoms with Crippen LogP contribution in [0.25, 0.3) is 0 Å². The monoisotopic (exact) mass is 210 g/mol. The highest BCUT2D eigenvalue weighted by Crippen LogP contribution is 2.29. The fourth-order valence-corrected chi connectivity index (χ4v) is 2.48. The summed E-state index contributed by atoms with van der Waals surface area (Å²) in [5.74, 6) is 1.22. The molecule has 0 bridgehead atoms. The zero-order valence-corrected chi connectivity index (χ0v) is 9.59. The third kappa shape index (κ3) is 2.71. The van der Waals surface area contributed by atoms with Crippen molar-refractivity contribution in [2.75, 3.05) is 13.1 Å². The summed E-state index contributed by atoms with van der Waals surface area (Å²) in [5, 5.41) is 6.46. The summed E-state index contributed by atoms with van der Waals surface area (Å²) in [6.07, 6.45) is 6.12. The lowest BCUT2D eigenvalue weighted by molar-refractivity contribution is -0.126. The van der Waals surface area contributed by atoms with E-state index < -0.39 is 0 Å². The predicted octanol–water partition coefficient (Wildman–Crippen LogP) is 1.29. The Morgan fingerprint density at radius 2 is 2.13 bits per heavy atom. The lowest BCUT2D eigenvalue weighted by atomic mass is 9.80. The summed E-state index contributed by atoms with van der Waals surface area (Å²) in [5.41, 5.74) is 0. The standard InChI is InChI=1S/C12H22N2O/c1-9(10-4-2-5-10)14-12(15)11-6-3-7-13-8-11/h9-11,13H,2-8H2,1H3,(H,14,15)/t9?,11-/m1/s1. The Morgan fingerprint density at radius 1 is 1.33 bits per heavy atom. The van der Waals surface area contributed by atoms with E-state index in [1.807, 2.05) is 0 Å². The fourth-order valence-electron chi connectivity index (χ4n) is 2.48. The van der Waals surface area contributed by atoms with Gasteiger partial charge in [0.1, 0.15) is 0 Å². The van der Waals surface area contributed by atoms with Gasteiger partial charge in [0.25, 0.3) is 0 Å². The molecule has 2 aliphatic rings. The maximum absolute atomic E-state index is 11.9. The molecular weight excluding hydrogens is 188 g/mol. The topological polar surface area (TPSA) is 41.1 Å². The molecule has 0 aromatic rings. The lowest BCUT2D eigenvalue weighted by Crippen LogP contribution is -2.46. The quantitative estimate of drug-likeness (QED) is 0.737. The van der Waals surface area contributed by atoms with E-state index in [1.165, 1.54) is 19.3 Å². The Hall–Kier alpha value is -0.570. The predicted molar refractivity (Wildman–Crippen MR) is 60.5 cm³/mol. The molecule has 3 heteroatoms. The first-order valence-corrected chi connectivity index (χ1v) is 6.28. The summed E-state index contributed by atoms with van der Waals surface area (Å²) < 4.78 is 0. The number of hydrogen-bond donors (Lipinski definition) is 2. The molecule has 86 valence electrons. The molecule has 1 aliphatic heterocycles. The van der Waals surface area contributed by atoms with E-state index in [0.717, 1.165) is 31.8 Å². The van der Waals surface area contributed by atoms with Gasteiger partial charge in [-0.15, -0.1) is 0 Å². The number of piperidine rings is 1. The third-order valence-corrected chi connectivity index (χ3v) is 3.89. The van der Waals surface area contributed by atoms with Gasteiger partial charge in [0.15, 0.2) is 0 Å². The van der Waals surface area contributed by atoms with Gasteiger partial charge in [0.2, 0.25) is 5.91 Å². The molecule has 2 fully saturated rings. The van der Waals surface area contributed by atoms with Gasteiger partial charge < -0.3 is 10.6 Å². The van der Waals surface area contributed by atoms with Crippen LogP contribution in [0.1, 0.15) is 39.0 Å². The molecule has 1 amide bonds. The van der Waals surface area contributed by atoms with Crippen molar-refractivity contribution >= 4 is 5.91 Å². The Morgan fingerprint density at radius 3 is 2.67 bits per heavy atom. The van der Waals surface area contributed by atoms with Gasteiger partial charge in [0.05, 0.1) is 5.92 Å². The molecule has 15 heavy (non-hydrogen) atoms. The zero-order chi connectivity index (χ0) is 10.7. The summed E-state index contributed by atoms with van der Waals surface area (Å²) in [6, 6.07) is 0.383. The second-order valence-corrected chi connectivity index (χ2v) is 5.03. The van der Waals surface area contributed by atoms with Crippen molar-refractivity contribution in [1.29, 1.82) is 0 Å². The van der Waals surface area contributed by atoms with Gasteiger partial charge in [-0.2, -0.15) is 0 Å². The molecule has 0 aromatic heterocycles. The smallest absolute Gasteiger partial charge is 0.224 e. The average Bonchev–Trinajstić information content (AvgIpc) is 2.16. The number of rotatable bonds is 3. The van der Waals surface area contributed by atoms with Gasteiger partial charge >= 0.3 is 0 Å². The van der Waals surface area contributed by atoms with E-state index in [0.29, 0.717) is 6.04 Å². The van der Waals surface area contributed by atoms with Crippen molar-refractivity contribution in [2.45, 2.75) is 45.1 Å². The largest absolute Gasteiger partial charge is 0.353 e. The van der Waals surface area contributed by atoms with Crippen molar-refractivity contribution < 1.29 is 4.79 Å². The second kappa shape index (κ2) is 4.97. The number of nitrogens with one attached hydrogen (secondary N) is 2. The number of carbonyl (C=O) groups excluding carboxylic acids is 1. The number of amides is 1. The molecule has 2 N–H and O–H groups in total. The molecular formula is C12H22N2O. The summed E-state index contributed by atoms with van der Waals surface area (Å²) >= 11 is 0. The van der Waals surface area contributed by atoms with Crippen LogP contribution < -0.4 is 10.6 Å². The van der Waals surface area contributed by atoms with Gasteiger partial charge in [0, 0.05) is 12.6 Å². The first-order chi connectivity index (χ1) is 7.27. The Bertz CT molecular complexity index is 220. The molecule has 1 saturated carbocycles. The molecule has 1 saturated heterocycles. The van der Waals surface area contributed by atoms with Crippen molar-refractivity contribution in [2.24, 2.45) is 11.8 Å². The normalized spacial score (nSPS) is 29.3. The van der Waals surface area contributed by atoms with Crippen LogP contribution in [0.2, 0.25) is 0 Å². The van der Waals surface area contributed by atoms with E-state index in [9.17, 15) is 4.79 Å². The van der Waals surface area contributed by atoms with Crippen molar-refractivity contribution in [1.82, 2.24) is 10.6 Å². The SMILES string of the molecule is CC(NC(=O)[C@@H]1CCCNC1)C1CCC1. The van der Waals surface area contributed by atoms with E-state index in [1.54, 1.807) is 0 Å². The third-order valence-electron chi connectivity index (χ3n) is 3.89. The minimum atomic E-state index is 0.210. The molecule has 1 aliphatic carbocycles. The number of hydrogen-bond acceptors (Lipinski definition) is 2. The highest BCUT2D eigenvalue weighted by atomic mass is 16.2. The molecule has 0 aromatic carbocycles. The van der Waals surface area contributed by atoms with Gasteiger partial charge in [-0.05, 0) is 45.1 Å². The first kappa shape index (κ1) is 10.9. The fraction of sp³-hybridized carbons (Fsp3) is 0.917. The lowest BCUT2D eigenvalue weighted by Gasteiger charge is -2.33. The van der Waals surface area contributed by atoms with Crippen LogP contribution in [-0.2, 0) is 4.79 Å². The van der Waals surface area contributed by atoms with Gasteiger partial charge in [-0.1, -0.05) is 6.42 Å². The molecule has 0 spiro atoms. The maximum Gasteiger partial charge on any atom is 0.224 e. The molecule has 3 nitrogen and oxygen atoms in total. The van der Waals surface area contributed by atoms with Gasteiger partial charge in [-0.25, -0.2) is 0 Å². The van der Waals surface area contributed by atoms with Crippen LogP contribution in [0.4, 0.5) is 0 Å². The Balaban J connectivity index is 1.74. The van der Waals surface area contributed by atoms with Crippen LogP contribution in [0.3, 0.4) is 0 Å². The van der Waals surface area contributed by atoms with Crippen LogP contribution in [0.15, 0.2) is 0 Å². The highest BCUT2D eigenvalue weighted by Gasteiger charge is 2.27. The van der Waals surface area contributed by atoms with Gasteiger partial charge in [-0.3, -0.25) is 4.79 Å². The minimum absolute atomic E-state index is 0.210. The maximum atomic E-state index is 11.9. The Labute approximate surface area is 92.0 Å². The van der Waals surface area contributed by atoms with Crippen LogP contribution in [0.5, 0.6) is 0 Å². The van der Waals surface area contributed by atoms with Crippen LogP contribution in [-0.4, -0.2) is 25.0 Å². The Kier molecular flexibility index (Phi) is 3.62. The zero-order valence-electron chi connectivity index (χ0n) is 9.59. The van der Waals surface area contributed by atoms with Crippen LogP contribution >= 0.6 is 0 Å². The summed E-state index contributed by atoms with van der Waals surface area (Å²) in [4.78, 5) is 11.9. The van der Waals surface area contributed by atoms with Crippen molar-refractivity contribution in [3.63, 3.8) is 0 Å². The molecule has 2 rings (SSSR count). The van der Waals surface area contributed by atoms with E-state index in [4.69, 9.17) is 0 Å². The second-order valence-electron chi connectivity index (χ2n) is 5.03. The summed E-state index contributed by atoms with van der Waals surface area (Å²) in [6.45, 7) is 4.09. The molecule has 2 atom stereocenters. The molecule has 1 unspecified atom stereocenters. The van der Waals surface area contributed by atoms with Crippen LogP contribution in [0, 0.1) is 11.8 Å². The minimum Gasteiger partial charge on any atom is -0.353 e. The molecule has 1 heterocycles. The van der Waals surface area contributed by atoms with E-state index in [-0.39, 0.29) is 11.8 Å². The number of carbonyl (C=O) groups is 1. The van der Waals surface area contributed by atoms with E-state index in [2.05, 4.69) is 17.6 Å². The highest BCUT2D eigenvalue weighted by molar-refractivity contribution is 5.79. The van der Waals surface area contributed by atoms with Crippen molar-refractivity contribution in [3.8, 4) is 0 Å². The van der Waals surface area contributed by atoms with E-state index >= 15 is 0 Å². The molecule has 0 radical (unpaired) electrons. The average molecular weight is 210 g/mol. The summed E-state index contributed by atoms with van der Waals surface area (Å²) in [7, 11) is 0. The van der Waals surface area contributed by atoms with Crippen molar-refractivity contribution in [3.05, 3.63) is 0 Å².